The molecule has 0 radical (unpaired) electrons. The molecular formula is C12H16N2O. The minimum absolute atomic E-state index is 0.0430. The molecule has 0 aliphatic rings. The zero-order valence-electron chi connectivity index (χ0n) is 9.32. The normalized spacial score (nSPS) is 11.0. The molecule has 0 amide bonds. The number of nitrogens with one attached hydrogen (secondary N) is 1. The number of rotatable bonds is 4. The SMILES string of the molecule is CC(=O)/C=C(/C)NN(C)c1ccccc1. The van der Waals surface area contributed by atoms with E-state index < -0.39 is 0 Å². The molecule has 0 spiro atoms. The van der Waals surface area contributed by atoms with E-state index in [1.54, 1.807) is 6.08 Å². The minimum atomic E-state index is 0.0430. The summed E-state index contributed by atoms with van der Waals surface area (Å²) >= 11 is 0. The van der Waals surface area contributed by atoms with Crippen LogP contribution in [0, 0.1) is 0 Å². The molecule has 80 valence electrons. The summed E-state index contributed by atoms with van der Waals surface area (Å²) in [5.41, 5.74) is 4.98. The molecule has 0 saturated heterocycles. The van der Waals surface area contributed by atoms with Crippen LogP contribution < -0.4 is 10.4 Å². The molecule has 3 heteroatoms. The average molecular weight is 204 g/mol. The molecule has 0 saturated carbocycles. The van der Waals surface area contributed by atoms with Crippen molar-refractivity contribution in [2.75, 3.05) is 12.1 Å². The zero-order chi connectivity index (χ0) is 11.3. The molecule has 1 aromatic carbocycles. The lowest BCUT2D eigenvalue weighted by Crippen LogP contribution is -2.32. The topological polar surface area (TPSA) is 32.3 Å². The number of carbonyl (C=O) groups is 1. The number of para-hydroxylation sites is 1. The van der Waals surface area contributed by atoms with Gasteiger partial charge in [0.1, 0.15) is 0 Å². The third-order valence-corrected chi connectivity index (χ3v) is 1.91. The van der Waals surface area contributed by atoms with Gasteiger partial charge in [-0.1, -0.05) is 18.2 Å². The van der Waals surface area contributed by atoms with Crippen LogP contribution in [0.2, 0.25) is 0 Å². The second-order valence-electron chi connectivity index (χ2n) is 3.44. The van der Waals surface area contributed by atoms with Gasteiger partial charge in [0, 0.05) is 18.8 Å². The fourth-order valence-electron chi connectivity index (χ4n) is 1.32. The van der Waals surface area contributed by atoms with Gasteiger partial charge in [-0.15, -0.1) is 0 Å². The van der Waals surface area contributed by atoms with E-state index in [0.717, 1.165) is 11.4 Å². The average Bonchev–Trinajstić information content (AvgIpc) is 2.17. The summed E-state index contributed by atoms with van der Waals surface area (Å²) in [6.07, 6.45) is 1.57. The van der Waals surface area contributed by atoms with Gasteiger partial charge >= 0.3 is 0 Å². The number of hydrogen-bond acceptors (Lipinski definition) is 3. The Morgan fingerprint density at radius 3 is 2.40 bits per heavy atom. The van der Waals surface area contributed by atoms with Crippen LogP contribution in [0.1, 0.15) is 13.8 Å². The molecule has 0 unspecified atom stereocenters. The van der Waals surface area contributed by atoms with Crippen LogP contribution in [0.5, 0.6) is 0 Å². The monoisotopic (exact) mass is 204 g/mol. The van der Waals surface area contributed by atoms with Crippen molar-refractivity contribution in [1.82, 2.24) is 5.43 Å². The maximum absolute atomic E-state index is 10.8. The number of anilines is 1. The van der Waals surface area contributed by atoms with E-state index in [1.165, 1.54) is 6.92 Å². The van der Waals surface area contributed by atoms with Gasteiger partial charge in [0.25, 0.3) is 0 Å². The van der Waals surface area contributed by atoms with Crippen LogP contribution in [0.25, 0.3) is 0 Å². The largest absolute Gasteiger partial charge is 0.303 e. The fraction of sp³-hybridized carbons (Fsp3) is 0.250. The van der Waals surface area contributed by atoms with Gasteiger partial charge < -0.3 is 5.43 Å². The van der Waals surface area contributed by atoms with Crippen LogP contribution in [-0.2, 0) is 4.79 Å². The highest BCUT2D eigenvalue weighted by Gasteiger charge is 1.98. The first-order valence-corrected chi connectivity index (χ1v) is 4.84. The Morgan fingerprint density at radius 2 is 1.87 bits per heavy atom. The highest BCUT2D eigenvalue weighted by atomic mass is 16.1. The summed E-state index contributed by atoms with van der Waals surface area (Å²) in [6.45, 7) is 3.40. The van der Waals surface area contributed by atoms with Crippen molar-refractivity contribution in [2.45, 2.75) is 13.8 Å². The smallest absolute Gasteiger partial charge is 0.154 e. The fourth-order valence-corrected chi connectivity index (χ4v) is 1.32. The Morgan fingerprint density at radius 1 is 1.27 bits per heavy atom. The molecule has 3 nitrogen and oxygen atoms in total. The van der Waals surface area contributed by atoms with Crippen LogP contribution in [-0.4, -0.2) is 12.8 Å². The van der Waals surface area contributed by atoms with Crippen molar-refractivity contribution >= 4 is 11.5 Å². The molecule has 1 rings (SSSR count). The molecule has 15 heavy (non-hydrogen) atoms. The summed E-state index contributed by atoms with van der Waals surface area (Å²) in [7, 11) is 1.91. The van der Waals surface area contributed by atoms with E-state index >= 15 is 0 Å². The van der Waals surface area contributed by atoms with Crippen LogP contribution in [0.3, 0.4) is 0 Å². The van der Waals surface area contributed by atoms with Crippen molar-refractivity contribution in [1.29, 1.82) is 0 Å². The van der Waals surface area contributed by atoms with Gasteiger partial charge in [-0.3, -0.25) is 9.80 Å². The van der Waals surface area contributed by atoms with Crippen molar-refractivity contribution in [3.63, 3.8) is 0 Å². The lowest BCUT2D eigenvalue weighted by Gasteiger charge is -2.21. The predicted octanol–water partition coefficient (Wildman–Crippen LogP) is 2.12. The lowest BCUT2D eigenvalue weighted by molar-refractivity contribution is -0.112. The molecule has 0 atom stereocenters. The summed E-state index contributed by atoms with van der Waals surface area (Å²) in [5, 5.41) is 1.87. The lowest BCUT2D eigenvalue weighted by atomic mass is 10.3. The quantitative estimate of drug-likeness (QED) is 0.602. The summed E-state index contributed by atoms with van der Waals surface area (Å²) < 4.78 is 0. The van der Waals surface area contributed by atoms with Gasteiger partial charge in [-0.2, -0.15) is 0 Å². The second kappa shape index (κ2) is 5.20. The van der Waals surface area contributed by atoms with Gasteiger partial charge in [0.15, 0.2) is 5.78 Å². The minimum Gasteiger partial charge on any atom is -0.303 e. The second-order valence-corrected chi connectivity index (χ2v) is 3.44. The van der Waals surface area contributed by atoms with E-state index in [4.69, 9.17) is 0 Å². The maximum Gasteiger partial charge on any atom is 0.154 e. The summed E-state index contributed by atoms with van der Waals surface area (Å²) in [5.74, 6) is 0.0430. The Labute approximate surface area is 90.4 Å². The zero-order valence-corrected chi connectivity index (χ0v) is 9.32. The van der Waals surface area contributed by atoms with Crippen LogP contribution in [0.4, 0.5) is 5.69 Å². The molecule has 0 bridgehead atoms. The van der Waals surface area contributed by atoms with Crippen molar-refractivity contribution in [3.05, 3.63) is 42.1 Å². The highest BCUT2D eigenvalue weighted by molar-refractivity contribution is 5.87. The van der Waals surface area contributed by atoms with Crippen LogP contribution >= 0.6 is 0 Å². The highest BCUT2D eigenvalue weighted by Crippen LogP contribution is 2.09. The van der Waals surface area contributed by atoms with E-state index in [1.807, 2.05) is 49.3 Å². The van der Waals surface area contributed by atoms with E-state index in [-0.39, 0.29) is 5.78 Å². The number of hydrogen-bond donors (Lipinski definition) is 1. The number of carbonyl (C=O) groups excluding carboxylic acids is 1. The van der Waals surface area contributed by atoms with Gasteiger partial charge in [-0.25, -0.2) is 0 Å². The third-order valence-electron chi connectivity index (χ3n) is 1.91. The van der Waals surface area contributed by atoms with Crippen molar-refractivity contribution in [2.24, 2.45) is 0 Å². The molecule has 0 aliphatic carbocycles. The van der Waals surface area contributed by atoms with E-state index in [2.05, 4.69) is 5.43 Å². The van der Waals surface area contributed by atoms with Gasteiger partial charge in [-0.05, 0) is 26.0 Å². The Hall–Kier alpha value is -1.77. The third kappa shape index (κ3) is 3.85. The molecule has 1 N–H and O–H groups in total. The Kier molecular flexibility index (Phi) is 3.92. The molecule has 0 aromatic heterocycles. The van der Waals surface area contributed by atoms with Gasteiger partial charge in [0.2, 0.25) is 0 Å². The molecule has 0 fully saturated rings. The molecule has 0 heterocycles. The first-order chi connectivity index (χ1) is 7.09. The first kappa shape index (κ1) is 11.3. The standard InChI is InChI=1S/C12H16N2O/c1-10(9-11(2)15)13-14(3)12-7-5-4-6-8-12/h4-9,13H,1-3H3/b10-9-. The summed E-state index contributed by atoms with van der Waals surface area (Å²) in [6, 6.07) is 9.90. The molecule has 0 aliphatic heterocycles. The van der Waals surface area contributed by atoms with Crippen molar-refractivity contribution < 1.29 is 4.79 Å². The Bertz CT molecular complexity index is 357. The van der Waals surface area contributed by atoms with E-state index in [9.17, 15) is 4.79 Å². The van der Waals surface area contributed by atoms with Gasteiger partial charge in [0.05, 0.1) is 5.69 Å². The number of ketones is 1. The summed E-state index contributed by atoms with van der Waals surface area (Å²) in [4.78, 5) is 10.8. The van der Waals surface area contributed by atoms with E-state index in [0.29, 0.717) is 0 Å². The number of benzene rings is 1. The number of nitrogens with zero attached hydrogens (tertiary/aromatic N) is 1. The predicted molar refractivity (Wildman–Crippen MR) is 62.4 cm³/mol. The Balaban J connectivity index is 2.64. The number of allylic oxidation sites excluding steroid dienone is 2. The van der Waals surface area contributed by atoms with Crippen LogP contribution in [0.15, 0.2) is 42.1 Å². The number of hydrazine groups is 1. The molecular weight excluding hydrogens is 188 g/mol. The van der Waals surface area contributed by atoms with Crippen molar-refractivity contribution in [3.8, 4) is 0 Å². The first-order valence-electron chi connectivity index (χ1n) is 4.84. The molecule has 1 aromatic rings. The maximum atomic E-state index is 10.8.